The van der Waals surface area contributed by atoms with Gasteiger partial charge in [-0.15, -0.1) is 0 Å². The molecule has 0 saturated heterocycles. The predicted molar refractivity (Wildman–Crippen MR) is 115 cm³/mol. The summed E-state index contributed by atoms with van der Waals surface area (Å²) < 4.78 is 11.6. The Labute approximate surface area is 179 Å². The molecule has 0 unspecified atom stereocenters. The van der Waals surface area contributed by atoms with Crippen LogP contribution in [0.15, 0.2) is 60.8 Å². The monoisotopic (exact) mass is 427 g/mol. The molecule has 30 heavy (non-hydrogen) atoms. The van der Waals surface area contributed by atoms with Crippen LogP contribution >= 0.6 is 11.6 Å². The van der Waals surface area contributed by atoms with Gasteiger partial charge in [-0.1, -0.05) is 17.7 Å². The lowest BCUT2D eigenvalue weighted by Gasteiger charge is -2.15. The second-order valence-corrected chi connectivity index (χ2v) is 6.87. The number of non-ortho nitro benzene ring substituents is 1. The lowest BCUT2D eigenvalue weighted by molar-refractivity contribution is -0.384. The van der Waals surface area contributed by atoms with Gasteiger partial charge in [0.2, 0.25) is 0 Å². The topological polar surface area (TPSA) is 86.5 Å². The van der Waals surface area contributed by atoms with Crippen molar-refractivity contribution in [3.05, 3.63) is 92.8 Å². The summed E-state index contributed by atoms with van der Waals surface area (Å²) in [6.45, 7) is 3.80. The van der Waals surface area contributed by atoms with Crippen molar-refractivity contribution in [2.45, 2.75) is 26.6 Å². The Morgan fingerprint density at radius 1 is 1.07 bits per heavy atom. The third-order valence-corrected chi connectivity index (χ3v) is 4.65. The number of pyridine rings is 1. The Hall–Kier alpha value is -3.16. The van der Waals surface area contributed by atoms with E-state index in [0.717, 1.165) is 16.8 Å². The van der Waals surface area contributed by atoms with Gasteiger partial charge in [-0.2, -0.15) is 0 Å². The Kier molecular flexibility index (Phi) is 7.59. The number of hydrogen-bond donors (Lipinski definition) is 1. The van der Waals surface area contributed by atoms with Crippen LogP contribution in [0.3, 0.4) is 0 Å². The van der Waals surface area contributed by atoms with Gasteiger partial charge < -0.3 is 14.8 Å². The van der Waals surface area contributed by atoms with Crippen molar-refractivity contribution in [2.24, 2.45) is 0 Å². The molecule has 0 aliphatic rings. The smallest absolute Gasteiger partial charge is 0.269 e. The second kappa shape index (κ2) is 10.6. The standard InChI is InChI=1S/C22H22ClN3O4/c1-2-29-21-11-17(13-24-14-18-5-3-4-10-25-18)20(23)12-22(21)30-15-16-6-8-19(9-7-16)26(27)28/h3-12,24H,2,13-15H2,1H3. The second-order valence-electron chi connectivity index (χ2n) is 6.46. The molecule has 0 atom stereocenters. The average molecular weight is 428 g/mol. The molecule has 0 aliphatic heterocycles. The highest BCUT2D eigenvalue weighted by Crippen LogP contribution is 2.34. The molecular formula is C22H22ClN3O4. The van der Waals surface area contributed by atoms with Crippen molar-refractivity contribution in [1.29, 1.82) is 0 Å². The first-order chi connectivity index (χ1) is 14.6. The molecular weight excluding hydrogens is 406 g/mol. The van der Waals surface area contributed by atoms with E-state index in [9.17, 15) is 10.1 Å². The van der Waals surface area contributed by atoms with Crippen molar-refractivity contribution in [3.63, 3.8) is 0 Å². The molecule has 3 aromatic rings. The molecule has 0 fully saturated rings. The summed E-state index contributed by atoms with van der Waals surface area (Å²) in [6, 6.07) is 15.6. The van der Waals surface area contributed by atoms with Gasteiger partial charge in [0, 0.05) is 42.5 Å². The first-order valence-corrected chi connectivity index (χ1v) is 9.86. The van der Waals surface area contributed by atoms with Gasteiger partial charge in [0.05, 0.1) is 17.2 Å². The number of halogens is 1. The van der Waals surface area contributed by atoms with Crippen molar-refractivity contribution >= 4 is 17.3 Å². The van der Waals surface area contributed by atoms with E-state index in [1.807, 2.05) is 31.2 Å². The van der Waals surface area contributed by atoms with Crippen molar-refractivity contribution in [3.8, 4) is 11.5 Å². The van der Waals surface area contributed by atoms with Crippen LogP contribution in [0, 0.1) is 10.1 Å². The van der Waals surface area contributed by atoms with Gasteiger partial charge in [0.25, 0.3) is 5.69 Å². The van der Waals surface area contributed by atoms with Crippen LogP contribution in [0.4, 0.5) is 5.69 Å². The van der Waals surface area contributed by atoms with E-state index in [1.165, 1.54) is 12.1 Å². The Bertz CT molecular complexity index is 982. The molecule has 1 N–H and O–H groups in total. The van der Waals surface area contributed by atoms with Gasteiger partial charge in [-0.3, -0.25) is 15.1 Å². The van der Waals surface area contributed by atoms with Gasteiger partial charge in [-0.05, 0) is 48.4 Å². The zero-order chi connectivity index (χ0) is 21.3. The number of rotatable bonds is 10. The SMILES string of the molecule is CCOc1cc(CNCc2ccccn2)c(Cl)cc1OCc1ccc([N+](=O)[O-])cc1. The van der Waals surface area contributed by atoms with Crippen LogP contribution in [-0.4, -0.2) is 16.5 Å². The summed E-state index contributed by atoms with van der Waals surface area (Å²) in [7, 11) is 0. The maximum Gasteiger partial charge on any atom is 0.269 e. The molecule has 0 radical (unpaired) electrons. The molecule has 0 spiro atoms. The van der Waals surface area contributed by atoms with Gasteiger partial charge >= 0.3 is 0 Å². The number of ether oxygens (including phenoxy) is 2. The minimum Gasteiger partial charge on any atom is -0.490 e. The summed E-state index contributed by atoms with van der Waals surface area (Å²) >= 11 is 6.45. The number of nitrogens with one attached hydrogen (secondary N) is 1. The van der Waals surface area contributed by atoms with Crippen molar-refractivity contribution in [2.75, 3.05) is 6.61 Å². The average Bonchev–Trinajstić information content (AvgIpc) is 2.76. The van der Waals surface area contributed by atoms with Gasteiger partial charge in [-0.25, -0.2) is 0 Å². The Balaban J connectivity index is 1.66. The van der Waals surface area contributed by atoms with Gasteiger partial charge in [0.1, 0.15) is 6.61 Å². The summed E-state index contributed by atoms with van der Waals surface area (Å²) in [5, 5.41) is 14.6. The van der Waals surface area contributed by atoms with E-state index in [2.05, 4.69) is 10.3 Å². The molecule has 8 heteroatoms. The predicted octanol–water partition coefficient (Wildman–Crippen LogP) is 4.91. The minimum absolute atomic E-state index is 0.0411. The lowest BCUT2D eigenvalue weighted by Crippen LogP contribution is -2.14. The number of nitro benzene ring substituents is 1. The van der Waals surface area contributed by atoms with E-state index < -0.39 is 4.92 Å². The van der Waals surface area contributed by atoms with Crippen molar-refractivity contribution < 1.29 is 14.4 Å². The van der Waals surface area contributed by atoms with Gasteiger partial charge in [0.15, 0.2) is 11.5 Å². The maximum absolute atomic E-state index is 10.8. The highest BCUT2D eigenvalue weighted by molar-refractivity contribution is 6.31. The number of aromatic nitrogens is 1. The summed E-state index contributed by atoms with van der Waals surface area (Å²) in [5.41, 5.74) is 2.68. The van der Waals surface area contributed by atoms with E-state index in [4.69, 9.17) is 21.1 Å². The molecule has 156 valence electrons. The molecule has 0 aliphatic carbocycles. The molecule has 0 saturated carbocycles. The van der Waals surface area contributed by atoms with E-state index in [0.29, 0.717) is 36.2 Å². The lowest BCUT2D eigenvalue weighted by atomic mass is 10.2. The highest BCUT2D eigenvalue weighted by Gasteiger charge is 2.12. The third kappa shape index (κ3) is 5.92. The fourth-order valence-corrected chi connectivity index (χ4v) is 3.02. The maximum atomic E-state index is 10.8. The van der Waals surface area contributed by atoms with Crippen LogP contribution in [-0.2, 0) is 19.7 Å². The molecule has 3 rings (SSSR count). The van der Waals surface area contributed by atoms with Crippen molar-refractivity contribution in [1.82, 2.24) is 10.3 Å². The quantitative estimate of drug-likeness (QED) is 0.365. The number of hydrogen-bond acceptors (Lipinski definition) is 6. The van der Waals surface area contributed by atoms with Crippen LogP contribution in [0.5, 0.6) is 11.5 Å². The number of nitro groups is 1. The first-order valence-electron chi connectivity index (χ1n) is 9.48. The zero-order valence-electron chi connectivity index (χ0n) is 16.5. The van der Waals surface area contributed by atoms with Crippen LogP contribution in [0.25, 0.3) is 0 Å². The fraction of sp³-hybridized carbons (Fsp3) is 0.227. The third-order valence-electron chi connectivity index (χ3n) is 4.30. The molecule has 1 aromatic heterocycles. The first kappa shape index (κ1) is 21.5. The molecule has 1 heterocycles. The van der Waals surface area contributed by atoms with Crippen LogP contribution in [0.2, 0.25) is 5.02 Å². The summed E-state index contributed by atoms with van der Waals surface area (Å²) in [4.78, 5) is 14.6. The Morgan fingerprint density at radius 3 is 2.50 bits per heavy atom. The molecule has 0 amide bonds. The summed E-state index contributed by atoms with van der Waals surface area (Å²) in [6.07, 6.45) is 1.76. The number of nitrogens with zero attached hydrogens (tertiary/aromatic N) is 2. The molecule has 0 bridgehead atoms. The van der Waals surface area contributed by atoms with E-state index in [-0.39, 0.29) is 12.3 Å². The molecule has 2 aromatic carbocycles. The zero-order valence-corrected chi connectivity index (χ0v) is 17.3. The van der Waals surface area contributed by atoms with Crippen LogP contribution in [0.1, 0.15) is 23.7 Å². The largest absolute Gasteiger partial charge is 0.490 e. The normalized spacial score (nSPS) is 10.6. The van der Waals surface area contributed by atoms with E-state index in [1.54, 1.807) is 24.4 Å². The Morgan fingerprint density at radius 2 is 1.83 bits per heavy atom. The summed E-state index contributed by atoms with van der Waals surface area (Å²) in [5.74, 6) is 1.12. The number of benzene rings is 2. The fourth-order valence-electron chi connectivity index (χ4n) is 2.80. The highest BCUT2D eigenvalue weighted by atomic mass is 35.5. The van der Waals surface area contributed by atoms with Crippen LogP contribution < -0.4 is 14.8 Å². The molecule has 7 nitrogen and oxygen atoms in total. The minimum atomic E-state index is -0.432. The van der Waals surface area contributed by atoms with E-state index >= 15 is 0 Å².